The summed E-state index contributed by atoms with van der Waals surface area (Å²) in [5.74, 6) is 1.40. The molecule has 1 aliphatic rings. The number of nitrogens with zero attached hydrogens (tertiary/aromatic N) is 1. The maximum atomic E-state index is 11.7. The average molecular weight is 382 g/mol. The molecule has 1 unspecified atom stereocenters. The molecule has 1 aliphatic heterocycles. The van der Waals surface area contributed by atoms with E-state index in [1.54, 1.807) is 6.20 Å². The minimum atomic E-state index is -0.0931. The Bertz CT molecular complexity index is 966. The molecule has 0 saturated carbocycles. The van der Waals surface area contributed by atoms with Gasteiger partial charge in [-0.25, -0.2) is 4.98 Å². The third-order valence-electron chi connectivity index (χ3n) is 4.64. The Kier molecular flexibility index (Phi) is 4.86. The molecule has 1 amide bonds. The number of anilines is 2. The van der Waals surface area contributed by atoms with E-state index in [9.17, 15) is 4.79 Å². The quantitative estimate of drug-likeness (QED) is 0.631. The Morgan fingerprint density at radius 2 is 2.00 bits per heavy atom. The Balaban J connectivity index is 1.49. The molecule has 0 saturated heterocycles. The Labute approximate surface area is 162 Å². The maximum absolute atomic E-state index is 11.7. The van der Waals surface area contributed by atoms with Gasteiger partial charge in [0.05, 0.1) is 6.20 Å². The fourth-order valence-corrected chi connectivity index (χ4v) is 3.34. The molecule has 1 atom stereocenters. The normalized spacial score (nSPS) is 14.8. The second-order valence-electron chi connectivity index (χ2n) is 6.71. The first kappa shape index (κ1) is 17.6. The van der Waals surface area contributed by atoms with E-state index in [0.717, 1.165) is 35.3 Å². The summed E-state index contributed by atoms with van der Waals surface area (Å²) in [7, 11) is 0. The van der Waals surface area contributed by atoms with Gasteiger partial charge >= 0.3 is 0 Å². The van der Waals surface area contributed by atoms with E-state index >= 15 is 0 Å². The molecule has 0 radical (unpaired) electrons. The van der Waals surface area contributed by atoms with Crippen molar-refractivity contribution in [3.8, 4) is 11.3 Å². The van der Waals surface area contributed by atoms with Crippen molar-refractivity contribution >= 4 is 28.9 Å². The number of fused-ring (bicyclic) bond motifs is 1. The second-order valence-corrected chi connectivity index (χ2v) is 7.15. The summed E-state index contributed by atoms with van der Waals surface area (Å²) >= 11 is 5.93. The predicted octanol–water partition coefficient (Wildman–Crippen LogP) is 5.44. The van der Waals surface area contributed by atoms with Gasteiger partial charge in [-0.3, -0.25) is 4.79 Å². The smallest absolute Gasteiger partial charge is 0.224 e. The minimum absolute atomic E-state index is 0.0809. The van der Waals surface area contributed by atoms with Crippen LogP contribution in [-0.2, 0) is 11.2 Å². The Morgan fingerprint density at radius 1 is 1.19 bits per heavy atom. The average Bonchev–Trinajstić information content (AvgIpc) is 3.07. The standard InChI is InChI=1S/C21H20ClN3O2/c1-13(21-23-12-19(27-21)14-5-7-16(22)8-6-14)24-17-9-10-18-15(11-17)3-2-4-20(26)25-18/h5-13,24H,2-4H2,1H3,(H,25,26). The van der Waals surface area contributed by atoms with Crippen LogP contribution in [0.25, 0.3) is 11.3 Å². The third kappa shape index (κ3) is 3.98. The van der Waals surface area contributed by atoms with Crippen molar-refractivity contribution < 1.29 is 9.21 Å². The lowest BCUT2D eigenvalue weighted by Crippen LogP contribution is -2.10. The van der Waals surface area contributed by atoms with Crippen molar-refractivity contribution in [3.63, 3.8) is 0 Å². The number of carbonyl (C=O) groups is 1. The van der Waals surface area contributed by atoms with Crippen LogP contribution in [0, 0.1) is 0 Å². The summed E-state index contributed by atoms with van der Waals surface area (Å²) in [6, 6.07) is 13.4. The van der Waals surface area contributed by atoms with E-state index in [2.05, 4.69) is 21.7 Å². The molecule has 138 valence electrons. The summed E-state index contributed by atoms with van der Waals surface area (Å²) in [6.07, 6.45) is 4.04. The summed E-state index contributed by atoms with van der Waals surface area (Å²) in [4.78, 5) is 16.1. The summed E-state index contributed by atoms with van der Waals surface area (Å²) in [5, 5.41) is 7.06. The molecule has 0 fully saturated rings. The lowest BCUT2D eigenvalue weighted by molar-refractivity contribution is -0.116. The molecular weight excluding hydrogens is 362 g/mol. The zero-order valence-corrected chi connectivity index (χ0v) is 15.7. The minimum Gasteiger partial charge on any atom is -0.438 e. The number of nitrogens with one attached hydrogen (secondary N) is 2. The van der Waals surface area contributed by atoms with Gasteiger partial charge in [0.15, 0.2) is 5.76 Å². The maximum Gasteiger partial charge on any atom is 0.224 e. The number of aromatic nitrogens is 1. The lowest BCUT2D eigenvalue weighted by atomic mass is 10.1. The van der Waals surface area contributed by atoms with Gasteiger partial charge in [-0.1, -0.05) is 11.6 Å². The highest BCUT2D eigenvalue weighted by atomic mass is 35.5. The van der Waals surface area contributed by atoms with Crippen LogP contribution >= 0.6 is 11.6 Å². The number of hydrogen-bond donors (Lipinski definition) is 2. The van der Waals surface area contributed by atoms with Crippen LogP contribution in [-0.4, -0.2) is 10.9 Å². The van der Waals surface area contributed by atoms with Crippen LogP contribution in [0.1, 0.15) is 37.3 Å². The van der Waals surface area contributed by atoms with E-state index in [-0.39, 0.29) is 11.9 Å². The molecule has 4 rings (SSSR count). The largest absolute Gasteiger partial charge is 0.438 e. The first-order chi connectivity index (χ1) is 13.1. The number of benzene rings is 2. The summed E-state index contributed by atoms with van der Waals surface area (Å²) in [6.45, 7) is 2.00. The predicted molar refractivity (Wildman–Crippen MR) is 107 cm³/mol. The van der Waals surface area contributed by atoms with Gasteiger partial charge in [0, 0.05) is 28.4 Å². The van der Waals surface area contributed by atoms with Gasteiger partial charge in [0.2, 0.25) is 11.8 Å². The molecule has 6 heteroatoms. The van der Waals surface area contributed by atoms with Crippen molar-refractivity contribution in [1.29, 1.82) is 0 Å². The number of rotatable bonds is 4. The van der Waals surface area contributed by atoms with Gasteiger partial charge in [0.25, 0.3) is 0 Å². The number of carbonyl (C=O) groups excluding carboxylic acids is 1. The van der Waals surface area contributed by atoms with Crippen molar-refractivity contribution in [1.82, 2.24) is 4.98 Å². The van der Waals surface area contributed by atoms with Gasteiger partial charge in [-0.2, -0.15) is 0 Å². The molecule has 27 heavy (non-hydrogen) atoms. The first-order valence-electron chi connectivity index (χ1n) is 8.99. The highest BCUT2D eigenvalue weighted by Gasteiger charge is 2.16. The molecule has 2 aromatic carbocycles. The van der Waals surface area contributed by atoms with Gasteiger partial charge in [0.1, 0.15) is 6.04 Å². The van der Waals surface area contributed by atoms with Crippen LogP contribution in [0.2, 0.25) is 5.02 Å². The monoisotopic (exact) mass is 381 g/mol. The van der Waals surface area contributed by atoms with E-state index in [4.69, 9.17) is 16.0 Å². The van der Waals surface area contributed by atoms with E-state index in [1.165, 1.54) is 0 Å². The van der Waals surface area contributed by atoms with Crippen molar-refractivity contribution in [2.24, 2.45) is 0 Å². The number of hydrogen-bond acceptors (Lipinski definition) is 4. The van der Waals surface area contributed by atoms with Gasteiger partial charge in [-0.15, -0.1) is 0 Å². The Hall–Kier alpha value is -2.79. The number of aryl methyl sites for hydroxylation is 1. The number of halogens is 1. The lowest BCUT2D eigenvalue weighted by Gasteiger charge is -2.14. The molecule has 2 N–H and O–H groups in total. The van der Waals surface area contributed by atoms with Crippen LogP contribution in [0.5, 0.6) is 0 Å². The van der Waals surface area contributed by atoms with Crippen LogP contribution in [0.3, 0.4) is 0 Å². The summed E-state index contributed by atoms with van der Waals surface area (Å²) < 4.78 is 5.92. The summed E-state index contributed by atoms with van der Waals surface area (Å²) in [5.41, 5.74) is 3.96. The van der Waals surface area contributed by atoms with Crippen LogP contribution < -0.4 is 10.6 Å². The molecule has 0 spiro atoms. The molecule has 2 heterocycles. The third-order valence-corrected chi connectivity index (χ3v) is 4.89. The van der Waals surface area contributed by atoms with E-state index in [1.807, 2.05) is 43.3 Å². The highest BCUT2D eigenvalue weighted by Crippen LogP contribution is 2.29. The Morgan fingerprint density at radius 3 is 2.81 bits per heavy atom. The van der Waals surface area contributed by atoms with Gasteiger partial charge in [-0.05, 0) is 67.8 Å². The van der Waals surface area contributed by atoms with Crippen molar-refractivity contribution in [2.75, 3.05) is 10.6 Å². The highest BCUT2D eigenvalue weighted by molar-refractivity contribution is 6.30. The zero-order valence-electron chi connectivity index (χ0n) is 15.0. The fourth-order valence-electron chi connectivity index (χ4n) is 3.21. The topological polar surface area (TPSA) is 67.2 Å². The van der Waals surface area contributed by atoms with Gasteiger partial charge < -0.3 is 15.1 Å². The number of amides is 1. The molecule has 3 aromatic rings. The first-order valence-corrected chi connectivity index (χ1v) is 9.37. The molecule has 1 aromatic heterocycles. The van der Waals surface area contributed by atoms with Crippen molar-refractivity contribution in [3.05, 3.63) is 65.1 Å². The van der Waals surface area contributed by atoms with E-state index < -0.39 is 0 Å². The SMILES string of the molecule is CC(Nc1ccc2c(c1)CCCC(=O)N2)c1ncc(-c2ccc(Cl)cc2)o1. The number of oxazole rings is 1. The molecular formula is C21H20ClN3O2. The van der Waals surface area contributed by atoms with Crippen LogP contribution in [0.4, 0.5) is 11.4 Å². The van der Waals surface area contributed by atoms with E-state index in [0.29, 0.717) is 23.1 Å². The molecule has 0 aliphatic carbocycles. The fraction of sp³-hybridized carbons (Fsp3) is 0.238. The second kappa shape index (κ2) is 7.45. The van der Waals surface area contributed by atoms with Crippen LogP contribution in [0.15, 0.2) is 53.1 Å². The molecule has 0 bridgehead atoms. The molecule has 5 nitrogen and oxygen atoms in total. The zero-order chi connectivity index (χ0) is 18.8. The van der Waals surface area contributed by atoms with Crippen molar-refractivity contribution in [2.45, 2.75) is 32.2 Å².